The lowest BCUT2D eigenvalue weighted by Gasteiger charge is -2.17. The lowest BCUT2D eigenvalue weighted by atomic mass is 9.96. The number of aromatic nitrogens is 2. The van der Waals surface area contributed by atoms with Gasteiger partial charge in [0.2, 0.25) is 5.75 Å². The second-order valence-electron chi connectivity index (χ2n) is 10.1. The first-order valence-corrected chi connectivity index (χ1v) is 13.5. The highest BCUT2D eigenvalue weighted by molar-refractivity contribution is 5.86. The van der Waals surface area contributed by atoms with Crippen molar-refractivity contribution in [3.05, 3.63) is 128 Å². The van der Waals surface area contributed by atoms with Gasteiger partial charge in [-0.25, -0.2) is 4.98 Å². The summed E-state index contributed by atoms with van der Waals surface area (Å²) in [6.45, 7) is 6.18. The third-order valence-corrected chi connectivity index (χ3v) is 6.95. The van der Waals surface area contributed by atoms with Crippen molar-refractivity contribution in [1.82, 2.24) is 9.66 Å². The average molecular weight is 563 g/mol. The number of fused-ring (bicyclic) bond motifs is 1. The Labute approximate surface area is 242 Å². The predicted molar refractivity (Wildman–Crippen MR) is 164 cm³/mol. The average Bonchev–Trinajstić information content (AvgIpc) is 2.99. The first-order valence-electron chi connectivity index (χ1n) is 13.5. The number of nitro groups is 1. The topological polar surface area (TPSA) is 109 Å². The first kappa shape index (κ1) is 28.2. The van der Waals surface area contributed by atoms with Crippen molar-refractivity contribution in [3.8, 4) is 22.9 Å². The molecule has 5 rings (SSSR count). The normalized spacial score (nSPS) is 11.4. The number of methoxy groups -OCH3 is 1. The maximum Gasteiger partial charge on any atom is 0.311 e. The summed E-state index contributed by atoms with van der Waals surface area (Å²) < 4.78 is 12.8. The molecular formula is C33H30N4O5. The molecule has 0 bridgehead atoms. The number of nitro benzene ring substituents is 1. The van der Waals surface area contributed by atoms with Gasteiger partial charge in [-0.05, 0) is 59.9 Å². The molecule has 0 unspecified atom stereocenters. The van der Waals surface area contributed by atoms with Crippen LogP contribution in [-0.4, -0.2) is 27.9 Å². The molecule has 1 aromatic heterocycles. The molecular weight excluding hydrogens is 532 g/mol. The Morgan fingerprint density at radius 1 is 1.02 bits per heavy atom. The maximum absolute atomic E-state index is 13.8. The molecule has 0 atom stereocenters. The van der Waals surface area contributed by atoms with E-state index in [1.165, 1.54) is 17.0 Å². The summed E-state index contributed by atoms with van der Waals surface area (Å²) in [6, 6.07) is 24.9. The van der Waals surface area contributed by atoms with Crippen LogP contribution in [0, 0.1) is 17.0 Å². The number of hydrogen-bond acceptors (Lipinski definition) is 7. The Bertz CT molecular complexity index is 1860. The number of hydrogen-bond donors (Lipinski definition) is 0. The molecule has 0 saturated heterocycles. The van der Waals surface area contributed by atoms with E-state index in [4.69, 9.17) is 14.5 Å². The van der Waals surface area contributed by atoms with Gasteiger partial charge in [-0.2, -0.15) is 9.78 Å². The second kappa shape index (κ2) is 12.1. The molecule has 9 heteroatoms. The van der Waals surface area contributed by atoms with Gasteiger partial charge in [0.1, 0.15) is 12.4 Å². The van der Waals surface area contributed by atoms with Crippen molar-refractivity contribution in [3.63, 3.8) is 0 Å². The number of nitrogens with zero attached hydrogens (tertiary/aromatic N) is 4. The van der Waals surface area contributed by atoms with E-state index in [1.54, 1.807) is 37.4 Å². The van der Waals surface area contributed by atoms with Crippen molar-refractivity contribution < 1.29 is 14.4 Å². The van der Waals surface area contributed by atoms with Crippen LogP contribution in [0.2, 0.25) is 0 Å². The summed E-state index contributed by atoms with van der Waals surface area (Å²) in [5.41, 5.74) is 3.70. The summed E-state index contributed by atoms with van der Waals surface area (Å²) >= 11 is 0. The zero-order valence-electron chi connectivity index (χ0n) is 23.8. The molecule has 0 spiro atoms. The molecule has 0 aliphatic heterocycles. The van der Waals surface area contributed by atoms with Crippen LogP contribution >= 0.6 is 0 Å². The maximum atomic E-state index is 13.8. The van der Waals surface area contributed by atoms with E-state index in [-0.39, 0.29) is 29.5 Å². The quantitative estimate of drug-likeness (QED) is 0.110. The molecule has 212 valence electrons. The van der Waals surface area contributed by atoms with Gasteiger partial charge in [0.05, 0.1) is 29.2 Å². The predicted octanol–water partition coefficient (Wildman–Crippen LogP) is 6.87. The minimum absolute atomic E-state index is 0.0566. The fourth-order valence-corrected chi connectivity index (χ4v) is 4.77. The zero-order valence-corrected chi connectivity index (χ0v) is 23.8. The van der Waals surface area contributed by atoms with Gasteiger partial charge >= 0.3 is 5.69 Å². The Balaban J connectivity index is 1.68. The monoisotopic (exact) mass is 562 g/mol. The van der Waals surface area contributed by atoms with Crippen LogP contribution in [0.5, 0.6) is 11.5 Å². The highest BCUT2D eigenvalue weighted by Crippen LogP contribution is 2.34. The highest BCUT2D eigenvalue weighted by atomic mass is 16.6. The van der Waals surface area contributed by atoms with E-state index in [0.29, 0.717) is 22.3 Å². The third kappa shape index (κ3) is 5.62. The van der Waals surface area contributed by atoms with Gasteiger partial charge in [-0.1, -0.05) is 62.4 Å². The summed E-state index contributed by atoms with van der Waals surface area (Å²) in [5.74, 6) is 1.30. The van der Waals surface area contributed by atoms with Gasteiger partial charge in [0, 0.05) is 17.2 Å². The molecule has 0 aliphatic rings. The van der Waals surface area contributed by atoms with Crippen molar-refractivity contribution in [2.45, 2.75) is 33.3 Å². The van der Waals surface area contributed by atoms with Gasteiger partial charge in [-0.3, -0.25) is 14.9 Å². The van der Waals surface area contributed by atoms with Crippen molar-refractivity contribution in [2.24, 2.45) is 5.10 Å². The standard InChI is InChI=1S/C33H30N4O5/c1-21(2)26-18-27(22(3)17-30(26)41-4)32-35-28-15-9-8-14-25(28)33(38)36(32)34-19-24-13-10-16-29(37(39)40)31(24)42-20-23-11-6-5-7-12-23/h5-19,21H,20H2,1-4H3. The summed E-state index contributed by atoms with van der Waals surface area (Å²) in [7, 11) is 1.63. The molecule has 0 fully saturated rings. The van der Waals surface area contributed by atoms with Gasteiger partial charge in [0.15, 0.2) is 5.82 Å². The van der Waals surface area contributed by atoms with Crippen LogP contribution < -0.4 is 15.0 Å². The number of rotatable bonds is 9. The van der Waals surface area contributed by atoms with Crippen LogP contribution in [0.15, 0.2) is 94.8 Å². The molecule has 0 aliphatic carbocycles. The molecule has 1 heterocycles. The molecule has 0 N–H and O–H groups in total. The molecule has 9 nitrogen and oxygen atoms in total. The van der Waals surface area contributed by atoms with Crippen molar-refractivity contribution >= 4 is 22.8 Å². The number of aryl methyl sites for hydroxylation is 1. The third-order valence-electron chi connectivity index (χ3n) is 6.95. The fourth-order valence-electron chi connectivity index (χ4n) is 4.77. The first-order chi connectivity index (χ1) is 20.3. The largest absolute Gasteiger partial charge is 0.496 e. The van der Waals surface area contributed by atoms with Gasteiger partial charge < -0.3 is 9.47 Å². The Morgan fingerprint density at radius 3 is 2.48 bits per heavy atom. The number of ether oxygens (including phenoxy) is 2. The Hall–Kier alpha value is -5.31. The van der Waals surface area contributed by atoms with Crippen molar-refractivity contribution in [2.75, 3.05) is 7.11 Å². The van der Waals surface area contributed by atoms with E-state index in [9.17, 15) is 14.9 Å². The Morgan fingerprint density at radius 2 is 1.76 bits per heavy atom. The van der Waals surface area contributed by atoms with Crippen LogP contribution in [0.3, 0.4) is 0 Å². The molecule has 4 aromatic carbocycles. The molecule has 0 radical (unpaired) electrons. The number of para-hydroxylation sites is 2. The van der Waals surface area contributed by atoms with E-state index in [2.05, 4.69) is 18.9 Å². The highest BCUT2D eigenvalue weighted by Gasteiger charge is 2.21. The smallest absolute Gasteiger partial charge is 0.311 e. The molecule has 0 amide bonds. The number of benzene rings is 4. The van der Waals surface area contributed by atoms with Crippen LogP contribution in [0.25, 0.3) is 22.3 Å². The summed E-state index contributed by atoms with van der Waals surface area (Å²) in [5, 5.41) is 16.8. The Kier molecular flexibility index (Phi) is 8.10. The van der Waals surface area contributed by atoms with E-state index < -0.39 is 4.92 Å². The van der Waals surface area contributed by atoms with Crippen LogP contribution in [0.4, 0.5) is 5.69 Å². The van der Waals surface area contributed by atoms with E-state index >= 15 is 0 Å². The zero-order chi connectivity index (χ0) is 29.8. The van der Waals surface area contributed by atoms with Gasteiger partial charge in [0.25, 0.3) is 5.56 Å². The van der Waals surface area contributed by atoms with Gasteiger partial charge in [-0.15, -0.1) is 0 Å². The summed E-state index contributed by atoms with van der Waals surface area (Å²) in [6.07, 6.45) is 1.40. The van der Waals surface area contributed by atoms with E-state index in [1.807, 2.05) is 55.5 Å². The molecule has 0 saturated carbocycles. The van der Waals surface area contributed by atoms with Crippen LogP contribution in [0.1, 0.15) is 42.0 Å². The minimum atomic E-state index is -0.499. The second-order valence-corrected chi connectivity index (χ2v) is 10.1. The van der Waals surface area contributed by atoms with E-state index in [0.717, 1.165) is 28.0 Å². The molecule has 5 aromatic rings. The van der Waals surface area contributed by atoms with Crippen LogP contribution in [-0.2, 0) is 6.61 Å². The lowest BCUT2D eigenvalue weighted by Crippen LogP contribution is -2.21. The molecule has 42 heavy (non-hydrogen) atoms. The van der Waals surface area contributed by atoms with Crippen molar-refractivity contribution in [1.29, 1.82) is 0 Å². The lowest BCUT2D eigenvalue weighted by molar-refractivity contribution is -0.385. The fraction of sp³-hybridized carbons (Fsp3) is 0.182. The summed E-state index contributed by atoms with van der Waals surface area (Å²) in [4.78, 5) is 30.0. The minimum Gasteiger partial charge on any atom is -0.496 e. The SMILES string of the molecule is COc1cc(C)c(-c2nc3ccccc3c(=O)n2N=Cc2cccc([N+](=O)[O-])c2OCc2ccccc2)cc1C(C)C.